The first-order chi connectivity index (χ1) is 4.84. The van der Waals surface area contributed by atoms with Crippen LogP contribution in [-0.2, 0) is 27.6 Å². The number of aromatic nitrogens is 2. The van der Waals surface area contributed by atoms with E-state index in [1.54, 1.807) is 0 Å². The van der Waals surface area contributed by atoms with Crippen LogP contribution in [-0.4, -0.2) is 9.55 Å². The van der Waals surface area contributed by atoms with Gasteiger partial charge in [0.2, 0.25) is 0 Å². The van der Waals surface area contributed by atoms with Gasteiger partial charge in [-0.2, -0.15) is 0 Å². The summed E-state index contributed by atoms with van der Waals surface area (Å²) in [5.74, 6) is 1.11. The van der Waals surface area contributed by atoms with Crippen LogP contribution in [0.2, 0.25) is 4.64 Å². The molecule has 0 aliphatic rings. The van der Waals surface area contributed by atoms with Gasteiger partial charge in [-0.05, 0) is 0 Å². The molecule has 1 aromatic heterocycles. The summed E-state index contributed by atoms with van der Waals surface area (Å²) in [6.45, 7) is 3.13. The third kappa shape index (κ3) is 1.97. The van der Waals surface area contributed by atoms with Gasteiger partial charge < -0.3 is 0 Å². The second kappa shape index (κ2) is 3.96. The van der Waals surface area contributed by atoms with E-state index in [0.717, 1.165) is 12.4 Å². The molecule has 2 nitrogen and oxygen atoms in total. The van der Waals surface area contributed by atoms with Gasteiger partial charge in [0.1, 0.15) is 0 Å². The van der Waals surface area contributed by atoms with E-state index < -0.39 is 0 Å². The molecule has 60 valence electrons. The van der Waals surface area contributed by atoms with Crippen molar-refractivity contribution in [1.29, 1.82) is 0 Å². The van der Waals surface area contributed by atoms with E-state index in [1.807, 2.05) is 19.3 Å². The van der Waals surface area contributed by atoms with Gasteiger partial charge in [0.05, 0.1) is 0 Å². The Labute approximate surface area is 73.6 Å². The minimum atomic E-state index is 1.10. The molecule has 0 N–H and O–H groups in total. The number of nitrogens with zero attached hydrogens (tertiary/aromatic N) is 2. The summed E-state index contributed by atoms with van der Waals surface area (Å²) < 4.78 is 3.37. The molecular formula is C7H11AuN2. The molecule has 3 heteroatoms. The fourth-order valence-electron chi connectivity index (χ4n) is 0.858. The predicted octanol–water partition coefficient (Wildman–Crippen LogP) is 1.55. The molecule has 0 unspecified atom stereocenters. The van der Waals surface area contributed by atoms with E-state index >= 15 is 0 Å². The Morgan fingerprint density at radius 2 is 2.50 bits per heavy atom. The summed E-state index contributed by atoms with van der Waals surface area (Å²) in [4.78, 5) is 4.13. The van der Waals surface area contributed by atoms with E-state index in [0.29, 0.717) is 0 Å². The molecular weight excluding hydrogens is 309 g/mol. The number of hydrogen-bond donors (Lipinski definition) is 0. The number of rotatable bonds is 3. The molecule has 0 aliphatic heterocycles. The Hall–Kier alpha value is -0.0497. The summed E-state index contributed by atoms with van der Waals surface area (Å²) in [5, 5.41) is 0. The zero-order valence-electron chi connectivity index (χ0n) is 5.97. The molecule has 0 aromatic carbocycles. The van der Waals surface area contributed by atoms with E-state index in [2.05, 4.69) is 30.6 Å². The van der Waals surface area contributed by atoms with Crippen molar-refractivity contribution in [3.63, 3.8) is 0 Å². The normalized spacial score (nSPS) is 10.3. The van der Waals surface area contributed by atoms with Crippen LogP contribution < -0.4 is 0 Å². The first-order valence-electron chi connectivity index (χ1n) is 3.33. The fourth-order valence-corrected chi connectivity index (χ4v) is 1.20. The molecule has 0 bridgehead atoms. The third-order valence-electron chi connectivity index (χ3n) is 1.43. The zero-order chi connectivity index (χ0) is 7.40. The van der Waals surface area contributed by atoms with Crippen LogP contribution in [0.15, 0.2) is 12.4 Å². The first-order valence-corrected chi connectivity index (χ1v) is 4.86. The van der Waals surface area contributed by atoms with Gasteiger partial charge in [-0.3, -0.25) is 0 Å². The van der Waals surface area contributed by atoms with Crippen LogP contribution in [0.4, 0.5) is 0 Å². The van der Waals surface area contributed by atoms with Gasteiger partial charge in [-0.1, -0.05) is 0 Å². The van der Waals surface area contributed by atoms with Crippen molar-refractivity contribution in [2.24, 2.45) is 0 Å². The predicted molar refractivity (Wildman–Crippen MR) is 36.4 cm³/mol. The number of aryl methyl sites for hydroxylation is 2. The van der Waals surface area contributed by atoms with Crippen LogP contribution >= 0.6 is 0 Å². The second-order valence-corrected chi connectivity index (χ2v) is 3.26. The van der Waals surface area contributed by atoms with Crippen LogP contribution in [0.25, 0.3) is 0 Å². The average Bonchev–Trinajstić information content (AvgIpc) is 2.31. The van der Waals surface area contributed by atoms with Crippen molar-refractivity contribution < 1.29 is 21.1 Å². The first kappa shape index (κ1) is 8.05. The molecule has 0 amide bonds. The van der Waals surface area contributed by atoms with Crippen molar-refractivity contribution in [3.8, 4) is 0 Å². The van der Waals surface area contributed by atoms with Gasteiger partial charge in [0, 0.05) is 0 Å². The van der Waals surface area contributed by atoms with Gasteiger partial charge in [-0.15, -0.1) is 0 Å². The van der Waals surface area contributed by atoms with Crippen molar-refractivity contribution in [3.05, 3.63) is 18.2 Å². The average molecular weight is 320 g/mol. The molecule has 1 rings (SSSR count). The monoisotopic (exact) mass is 320 g/mol. The molecule has 0 atom stereocenters. The molecule has 0 fully saturated rings. The van der Waals surface area contributed by atoms with Crippen molar-refractivity contribution in [1.82, 2.24) is 9.55 Å². The van der Waals surface area contributed by atoms with Crippen molar-refractivity contribution in [2.45, 2.75) is 24.5 Å². The van der Waals surface area contributed by atoms with Gasteiger partial charge >= 0.3 is 73.4 Å². The minimum absolute atomic E-state index is 1.10. The Bertz CT molecular complexity index is 195. The van der Waals surface area contributed by atoms with Crippen LogP contribution in [0.1, 0.15) is 12.2 Å². The molecule has 0 saturated heterocycles. The Kier molecular flexibility index (Phi) is 3.19. The number of imidazole rings is 1. The van der Waals surface area contributed by atoms with E-state index in [4.69, 9.17) is 0 Å². The standard InChI is InChI=1S/C7H11N2.Au/c1-3-5-9-6-4-8-7(9)2;/h4,6H,1,3,5H2,2H3;. The van der Waals surface area contributed by atoms with Crippen molar-refractivity contribution in [2.75, 3.05) is 0 Å². The van der Waals surface area contributed by atoms with Gasteiger partial charge in [0.15, 0.2) is 0 Å². The Balaban J connectivity index is 2.49. The van der Waals surface area contributed by atoms with Crippen molar-refractivity contribution >= 4 is 0 Å². The third-order valence-corrected chi connectivity index (χ3v) is 2.20. The molecule has 1 heterocycles. The molecule has 0 spiro atoms. The molecule has 1 aromatic rings. The van der Waals surface area contributed by atoms with E-state index in [9.17, 15) is 0 Å². The summed E-state index contributed by atoms with van der Waals surface area (Å²) in [5.41, 5.74) is 0. The maximum atomic E-state index is 4.13. The van der Waals surface area contributed by atoms with Crippen LogP contribution in [0.5, 0.6) is 0 Å². The molecule has 0 saturated carbocycles. The quantitative estimate of drug-likeness (QED) is 0.773. The van der Waals surface area contributed by atoms with Crippen LogP contribution in [0, 0.1) is 6.92 Å². The van der Waals surface area contributed by atoms with Gasteiger partial charge in [0.25, 0.3) is 0 Å². The Morgan fingerprint density at radius 3 is 3.00 bits per heavy atom. The number of hydrogen-bond acceptors (Lipinski definition) is 1. The summed E-state index contributed by atoms with van der Waals surface area (Å²) in [6, 6.07) is 0. The van der Waals surface area contributed by atoms with Gasteiger partial charge in [-0.25, -0.2) is 0 Å². The fraction of sp³-hybridized carbons (Fsp3) is 0.571. The SMILES string of the molecule is Cc1nccn1CC[CH2][Au]. The second-order valence-electron chi connectivity index (χ2n) is 2.17. The van der Waals surface area contributed by atoms with Crippen LogP contribution in [0.3, 0.4) is 0 Å². The topological polar surface area (TPSA) is 17.8 Å². The summed E-state index contributed by atoms with van der Waals surface area (Å²) in [7, 11) is 0. The molecule has 0 aliphatic carbocycles. The van der Waals surface area contributed by atoms with E-state index in [-0.39, 0.29) is 0 Å². The summed E-state index contributed by atoms with van der Waals surface area (Å²) >= 11 is 2.55. The molecule has 0 radical (unpaired) electrons. The van der Waals surface area contributed by atoms with E-state index in [1.165, 1.54) is 11.1 Å². The zero-order valence-corrected chi connectivity index (χ0v) is 8.14. The Morgan fingerprint density at radius 1 is 1.70 bits per heavy atom. The molecule has 10 heavy (non-hydrogen) atoms. The maximum absolute atomic E-state index is 4.13. The summed E-state index contributed by atoms with van der Waals surface area (Å²) in [6.07, 6.45) is 5.10.